The Bertz CT molecular complexity index is 564. The molecule has 1 aromatic heterocycles. The van der Waals surface area contributed by atoms with Crippen molar-refractivity contribution < 1.29 is 4.79 Å². The maximum absolute atomic E-state index is 11.4. The molecular formula is C13H17N5O. The topological polar surface area (TPSA) is 99.0 Å². The standard InChI is InChI=1S/C13H17N5O/c1-9(8-18-6-2-5-16-18)17-12-4-3-10(14)7-11(12)13(15)19/h2-7,9,17H,8,14H2,1H3,(H2,15,19). The minimum atomic E-state index is -0.499. The Morgan fingerprint density at radius 1 is 1.53 bits per heavy atom. The van der Waals surface area contributed by atoms with Crippen LogP contribution in [0.5, 0.6) is 0 Å². The van der Waals surface area contributed by atoms with E-state index in [1.54, 1.807) is 24.4 Å². The molecule has 6 heteroatoms. The van der Waals surface area contributed by atoms with Crippen LogP contribution in [0, 0.1) is 0 Å². The maximum atomic E-state index is 11.4. The number of carbonyl (C=O) groups excluding carboxylic acids is 1. The minimum absolute atomic E-state index is 0.0987. The van der Waals surface area contributed by atoms with Crippen molar-refractivity contribution in [3.63, 3.8) is 0 Å². The second-order valence-electron chi connectivity index (χ2n) is 4.44. The van der Waals surface area contributed by atoms with Gasteiger partial charge in [-0.2, -0.15) is 5.10 Å². The minimum Gasteiger partial charge on any atom is -0.399 e. The van der Waals surface area contributed by atoms with Crippen LogP contribution in [0.25, 0.3) is 0 Å². The number of nitrogens with two attached hydrogens (primary N) is 2. The number of nitrogen functional groups attached to an aromatic ring is 1. The van der Waals surface area contributed by atoms with Gasteiger partial charge in [0.15, 0.2) is 0 Å². The lowest BCUT2D eigenvalue weighted by Gasteiger charge is -2.17. The van der Waals surface area contributed by atoms with Gasteiger partial charge in [-0.1, -0.05) is 0 Å². The zero-order valence-corrected chi connectivity index (χ0v) is 10.7. The van der Waals surface area contributed by atoms with E-state index in [0.717, 1.165) is 0 Å². The van der Waals surface area contributed by atoms with Crippen molar-refractivity contribution in [1.82, 2.24) is 9.78 Å². The van der Waals surface area contributed by atoms with Gasteiger partial charge >= 0.3 is 0 Å². The Labute approximate surface area is 111 Å². The van der Waals surface area contributed by atoms with E-state index in [9.17, 15) is 4.79 Å². The zero-order valence-electron chi connectivity index (χ0n) is 10.7. The van der Waals surface area contributed by atoms with Crippen molar-refractivity contribution in [3.05, 3.63) is 42.2 Å². The van der Waals surface area contributed by atoms with E-state index in [0.29, 0.717) is 23.5 Å². The fraction of sp³-hybridized carbons (Fsp3) is 0.231. The second kappa shape index (κ2) is 5.43. The summed E-state index contributed by atoms with van der Waals surface area (Å²) < 4.78 is 1.82. The van der Waals surface area contributed by atoms with E-state index in [1.807, 2.05) is 23.9 Å². The zero-order chi connectivity index (χ0) is 13.8. The number of nitrogens with zero attached hydrogens (tertiary/aromatic N) is 2. The summed E-state index contributed by atoms with van der Waals surface area (Å²) in [4.78, 5) is 11.4. The van der Waals surface area contributed by atoms with Crippen LogP contribution in [-0.2, 0) is 6.54 Å². The molecule has 1 heterocycles. The number of hydrogen-bond donors (Lipinski definition) is 3. The average molecular weight is 259 g/mol. The highest BCUT2D eigenvalue weighted by Crippen LogP contribution is 2.19. The summed E-state index contributed by atoms with van der Waals surface area (Å²) in [5.74, 6) is -0.499. The summed E-state index contributed by atoms with van der Waals surface area (Å²) in [6, 6.07) is 7.03. The molecule has 100 valence electrons. The molecule has 2 rings (SSSR count). The number of aromatic nitrogens is 2. The third kappa shape index (κ3) is 3.25. The predicted molar refractivity (Wildman–Crippen MR) is 74.7 cm³/mol. The molecule has 0 aliphatic rings. The summed E-state index contributed by atoms with van der Waals surface area (Å²) >= 11 is 0. The first-order valence-corrected chi connectivity index (χ1v) is 5.99. The number of anilines is 2. The van der Waals surface area contributed by atoms with E-state index in [4.69, 9.17) is 11.5 Å². The second-order valence-corrected chi connectivity index (χ2v) is 4.44. The molecule has 1 atom stereocenters. The van der Waals surface area contributed by atoms with Gasteiger partial charge < -0.3 is 16.8 Å². The Balaban J connectivity index is 2.12. The normalized spacial score (nSPS) is 12.1. The number of rotatable bonds is 5. The molecule has 5 N–H and O–H groups in total. The lowest BCUT2D eigenvalue weighted by atomic mass is 10.1. The third-order valence-electron chi connectivity index (χ3n) is 2.73. The molecule has 1 aromatic carbocycles. The smallest absolute Gasteiger partial charge is 0.250 e. The molecule has 0 spiro atoms. The average Bonchev–Trinajstić information content (AvgIpc) is 2.83. The number of amides is 1. The SMILES string of the molecule is CC(Cn1cccn1)Nc1ccc(N)cc1C(N)=O. The van der Waals surface area contributed by atoms with Gasteiger partial charge in [0.1, 0.15) is 0 Å². The van der Waals surface area contributed by atoms with Crippen LogP contribution in [0.4, 0.5) is 11.4 Å². The fourth-order valence-electron chi connectivity index (χ4n) is 1.89. The van der Waals surface area contributed by atoms with E-state index in [-0.39, 0.29) is 6.04 Å². The lowest BCUT2D eigenvalue weighted by Crippen LogP contribution is -2.24. The predicted octanol–water partition coefficient (Wildman–Crippen LogP) is 1.06. The van der Waals surface area contributed by atoms with Crippen molar-refractivity contribution in [2.75, 3.05) is 11.1 Å². The van der Waals surface area contributed by atoms with E-state index in [1.165, 1.54) is 0 Å². The first-order valence-electron chi connectivity index (χ1n) is 5.99. The Morgan fingerprint density at radius 3 is 2.95 bits per heavy atom. The highest BCUT2D eigenvalue weighted by molar-refractivity contribution is 5.99. The van der Waals surface area contributed by atoms with E-state index < -0.39 is 5.91 Å². The molecular weight excluding hydrogens is 242 g/mol. The van der Waals surface area contributed by atoms with Crippen LogP contribution in [0.2, 0.25) is 0 Å². The summed E-state index contributed by atoms with van der Waals surface area (Å²) in [6.45, 7) is 2.69. The molecule has 19 heavy (non-hydrogen) atoms. The quantitative estimate of drug-likeness (QED) is 0.699. The van der Waals surface area contributed by atoms with Gasteiger partial charge in [0.2, 0.25) is 0 Å². The van der Waals surface area contributed by atoms with E-state index in [2.05, 4.69) is 10.4 Å². The molecule has 0 bridgehead atoms. The largest absolute Gasteiger partial charge is 0.399 e. The van der Waals surface area contributed by atoms with Gasteiger partial charge in [0.05, 0.1) is 12.1 Å². The maximum Gasteiger partial charge on any atom is 0.250 e. The molecule has 6 nitrogen and oxygen atoms in total. The van der Waals surface area contributed by atoms with Gasteiger partial charge in [0.25, 0.3) is 5.91 Å². The van der Waals surface area contributed by atoms with Crippen LogP contribution in [-0.4, -0.2) is 21.7 Å². The van der Waals surface area contributed by atoms with Crippen LogP contribution in [0.15, 0.2) is 36.7 Å². The summed E-state index contributed by atoms with van der Waals surface area (Å²) in [7, 11) is 0. The van der Waals surface area contributed by atoms with Crippen LogP contribution < -0.4 is 16.8 Å². The third-order valence-corrected chi connectivity index (χ3v) is 2.73. The Hall–Kier alpha value is -2.50. The summed E-state index contributed by atoms with van der Waals surface area (Å²) in [5.41, 5.74) is 12.6. The van der Waals surface area contributed by atoms with Crippen molar-refractivity contribution in [1.29, 1.82) is 0 Å². The lowest BCUT2D eigenvalue weighted by molar-refractivity contribution is 0.100. The first-order chi connectivity index (χ1) is 9.06. The van der Waals surface area contributed by atoms with Gasteiger partial charge in [-0.05, 0) is 31.2 Å². The molecule has 0 saturated heterocycles. The Morgan fingerprint density at radius 2 is 2.32 bits per heavy atom. The van der Waals surface area contributed by atoms with Crippen molar-refractivity contribution >= 4 is 17.3 Å². The summed E-state index contributed by atoms with van der Waals surface area (Å²) in [5, 5.41) is 7.37. The van der Waals surface area contributed by atoms with Crippen LogP contribution in [0.1, 0.15) is 17.3 Å². The monoisotopic (exact) mass is 259 g/mol. The molecule has 2 aromatic rings. The van der Waals surface area contributed by atoms with Crippen LogP contribution >= 0.6 is 0 Å². The van der Waals surface area contributed by atoms with Gasteiger partial charge in [-0.3, -0.25) is 9.48 Å². The number of nitrogens with one attached hydrogen (secondary N) is 1. The van der Waals surface area contributed by atoms with E-state index >= 15 is 0 Å². The molecule has 0 fully saturated rings. The molecule has 0 aliphatic heterocycles. The van der Waals surface area contributed by atoms with Crippen molar-refractivity contribution in [2.45, 2.75) is 19.5 Å². The molecule has 0 saturated carbocycles. The van der Waals surface area contributed by atoms with Gasteiger partial charge in [-0.25, -0.2) is 0 Å². The number of carbonyl (C=O) groups is 1. The highest BCUT2D eigenvalue weighted by Gasteiger charge is 2.11. The number of benzene rings is 1. The molecule has 1 amide bonds. The van der Waals surface area contributed by atoms with Crippen molar-refractivity contribution in [3.8, 4) is 0 Å². The summed E-state index contributed by atoms with van der Waals surface area (Å²) in [6.07, 6.45) is 3.61. The molecule has 1 unspecified atom stereocenters. The highest BCUT2D eigenvalue weighted by atomic mass is 16.1. The molecule has 0 aliphatic carbocycles. The first kappa shape index (κ1) is 12.9. The van der Waals surface area contributed by atoms with Crippen molar-refractivity contribution in [2.24, 2.45) is 5.73 Å². The number of hydrogen-bond acceptors (Lipinski definition) is 4. The van der Waals surface area contributed by atoms with Crippen LogP contribution in [0.3, 0.4) is 0 Å². The number of primary amides is 1. The van der Waals surface area contributed by atoms with Gasteiger partial charge in [0, 0.05) is 29.8 Å². The Kier molecular flexibility index (Phi) is 3.70. The fourth-order valence-corrected chi connectivity index (χ4v) is 1.89. The molecule has 0 radical (unpaired) electrons. The van der Waals surface area contributed by atoms with Gasteiger partial charge in [-0.15, -0.1) is 0 Å².